The Bertz CT molecular complexity index is 799. The minimum atomic E-state index is -1.13. The first kappa shape index (κ1) is 16.0. The largest absolute Gasteiger partial charge is 0.481 e. The zero-order valence-corrected chi connectivity index (χ0v) is 13.0. The molecule has 0 radical (unpaired) electrons. The van der Waals surface area contributed by atoms with Crippen LogP contribution in [0.3, 0.4) is 0 Å². The third-order valence-electron chi connectivity index (χ3n) is 4.09. The summed E-state index contributed by atoms with van der Waals surface area (Å²) in [6.07, 6.45) is 0. The zero-order valence-electron chi connectivity index (χ0n) is 13.0. The molecule has 1 amide bonds. The third kappa shape index (κ3) is 2.70. The maximum atomic E-state index is 12.7. The first-order chi connectivity index (χ1) is 11.5. The number of hydrogen-bond donors (Lipinski definition) is 1. The Morgan fingerprint density at radius 3 is 2.71 bits per heavy atom. The number of hydrogen-bond acceptors (Lipinski definition) is 6. The number of carboxylic acid groups (broad SMARTS) is 1. The minimum Gasteiger partial charge on any atom is -0.481 e. The molecule has 8 heteroatoms. The van der Waals surface area contributed by atoms with Crippen molar-refractivity contribution in [3.8, 4) is 0 Å². The summed E-state index contributed by atoms with van der Waals surface area (Å²) >= 11 is 0. The number of carbonyl (C=O) groups is 3. The summed E-state index contributed by atoms with van der Waals surface area (Å²) in [5.41, 5.74) is 0.539. The molecule has 0 bridgehead atoms. The molecular weight excluding hydrogens is 316 g/mol. The number of esters is 1. The van der Waals surface area contributed by atoms with Crippen molar-refractivity contribution in [1.82, 2.24) is 10.1 Å². The van der Waals surface area contributed by atoms with Crippen molar-refractivity contribution in [1.29, 1.82) is 0 Å². The van der Waals surface area contributed by atoms with Crippen molar-refractivity contribution in [2.24, 2.45) is 11.8 Å². The molecule has 1 aliphatic rings. The van der Waals surface area contributed by atoms with Gasteiger partial charge in [-0.1, -0.05) is 17.3 Å². The van der Waals surface area contributed by atoms with Gasteiger partial charge in [-0.15, -0.1) is 0 Å². The molecule has 0 spiro atoms. The first-order valence-electron chi connectivity index (χ1n) is 7.56. The van der Waals surface area contributed by atoms with Gasteiger partial charge in [0.15, 0.2) is 0 Å². The fourth-order valence-electron chi connectivity index (χ4n) is 2.90. The summed E-state index contributed by atoms with van der Waals surface area (Å²) in [7, 11) is 0. The molecule has 1 N–H and O–H groups in total. The highest BCUT2D eigenvalue weighted by Gasteiger charge is 2.45. The number of benzene rings is 1. The molecule has 2 atom stereocenters. The Balaban J connectivity index is 1.86. The van der Waals surface area contributed by atoms with E-state index in [2.05, 4.69) is 5.16 Å². The highest BCUT2D eigenvalue weighted by molar-refractivity contribution is 6.04. The topological polar surface area (TPSA) is 110 Å². The van der Waals surface area contributed by atoms with Crippen molar-refractivity contribution in [2.45, 2.75) is 6.92 Å². The van der Waals surface area contributed by atoms with E-state index < -0.39 is 29.7 Å². The maximum Gasteiger partial charge on any atom is 0.311 e. The maximum absolute atomic E-state index is 12.7. The summed E-state index contributed by atoms with van der Waals surface area (Å²) in [4.78, 5) is 37.3. The number of carbonyl (C=O) groups excluding carboxylic acids is 2. The highest BCUT2D eigenvalue weighted by atomic mass is 16.5. The minimum absolute atomic E-state index is 0.0241. The Hall–Kier alpha value is -2.90. The Labute approximate surface area is 137 Å². The summed E-state index contributed by atoms with van der Waals surface area (Å²) in [5, 5.41) is 13.7. The monoisotopic (exact) mass is 332 g/mol. The van der Waals surface area contributed by atoms with Gasteiger partial charge in [-0.3, -0.25) is 14.4 Å². The number of rotatable bonds is 4. The highest BCUT2D eigenvalue weighted by Crippen LogP contribution is 2.28. The average molecular weight is 332 g/mol. The van der Waals surface area contributed by atoms with Crippen molar-refractivity contribution < 1.29 is 28.8 Å². The molecule has 0 unspecified atom stereocenters. The Kier molecular flexibility index (Phi) is 4.20. The van der Waals surface area contributed by atoms with Crippen LogP contribution in [0.15, 0.2) is 28.8 Å². The fraction of sp³-hybridized carbons (Fsp3) is 0.375. The van der Waals surface area contributed by atoms with Gasteiger partial charge in [0.05, 0.1) is 23.8 Å². The van der Waals surface area contributed by atoms with Crippen LogP contribution in [-0.4, -0.2) is 52.7 Å². The SMILES string of the molecule is CCOC(=O)[C@@H]1CN(C(=O)c2onc3ccccc23)C[C@H]1C(=O)O. The van der Waals surface area contributed by atoms with Crippen LogP contribution < -0.4 is 0 Å². The standard InChI is InChI=1S/C16H16N2O6/c1-2-23-16(22)11-8-18(7-10(11)15(20)21)14(19)13-9-5-3-4-6-12(9)17-24-13/h3-6,10-11H,2,7-8H2,1H3,(H,20,21)/t10-,11-/m1/s1. The van der Waals surface area contributed by atoms with E-state index in [0.717, 1.165) is 0 Å². The van der Waals surface area contributed by atoms with Gasteiger partial charge in [0, 0.05) is 13.1 Å². The van der Waals surface area contributed by atoms with Crippen molar-refractivity contribution >= 4 is 28.7 Å². The lowest BCUT2D eigenvalue weighted by molar-refractivity contribution is -0.155. The van der Waals surface area contributed by atoms with E-state index in [-0.39, 0.29) is 25.5 Å². The lowest BCUT2D eigenvalue weighted by Gasteiger charge is -2.14. The summed E-state index contributed by atoms with van der Waals surface area (Å²) in [6.45, 7) is 1.70. The normalized spacial score (nSPS) is 20.3. The molecule has 8 nitrogen and oxygen atoms in total. The molecule has 2 heterocycles. The molecule has 2 aromatic rings. The molecule has 1 aliphatic heterocycles. The lowest BCUT2D eigenvalue weighted by Crippen LogP contribution is -2.30. The van der Waals surface area contributed by atoms with Crippen molar-refractivity contribution in [3.63, 3.8) is 0 Å². The summed E-state index contributed by atoms with van der Waals surface area (Å²) in [6, 6.07) is 6.93. The van der Waals surface area contributed by atoms with Gasteiger partial charge in [-0.2, -0.15) is 0 Å². The van der Waals surface area contributed by atoms with Crippen LogP contribution in [0.25, 0.3) is 10.9 Å². The third-order valence-corrected chi connectivity index (χ3v) is 4.09. The van der Waals surface area contributed by atoms with E-state index in [1.165, 1.54) is 4.90 Å². The number of carboxylic acids is 1. The Morgan fingerprint density at radius 2 is 2.00 bits per heavy atom. The van der Waals surface area contributed by atoms with Crippen LogP contribution in [0.4, 0.5) is 0 Å². The molecular formula is C16H16N2O6. The molecule has 1 fully saturated rings. The van der Waals surface area contributed by atoms with Gasteiger partial charge < -0.3 is 19.3 Å². The molecule has 126 valence electrons. The molecule has 1 aromatic carbocycles. The second-order valence-corrected chi connectivity index (χ2v) is 5.54. The smallest absolute Gasteiger partial charge is 0.311 e. The predicted octanol–water partition coefficient (Wildman–Crippen LogP) is 1.16. The number of likely N-dealkylation sites (tertiary alicyclic amines) is 1. The number of aliphatic carboxylic acids is 1. The fourth-order valence-corrected chi connectivity index (χ4v) is 2.90. The second-order valence-electron chi connectivity index (χ2n) is 5.54. The summed E-state index contributed by atoms with van der Waals surface area (Å²) < 4.78 is 10.0. The molecule has 1 aromatic heterocycles. The van der Waals surface area contributed by atoms with E-state index in [4.69, 9.17) is 9.26 Å². The number of ether oxygens (including phenoxy) is 1. The molecule has 0 aliphatic carbocycles. The van der Waals surface area contributed by atoms with E-state index in [1.807, 2.05) is 0 Å². The van der Waals surface area contributed by atoms with E-state index in [9.17, 15) is 19.5 Å². The van der Waals surface area contributed by atoms with Crippen molar-refractivity contribution in [3.05, 3.63) is 30.0 Å². The quantitative estimate of drug-likeness (QED) is 0.837. The molecule has 0 saturated carbocycles. The van der Waals surface area contributed by atoms with Crippen LogP contribution in [0, 0.1) is 11.8 Å². The lowest BCUT2D eigenvalue weighted by atomic mass is 9.96. The predicted molar refractivity (Wildman–Crippen MR) is 81.2 cm³/mol. The molecule has 24 heavy (non-hydrogen) atoms. The van der Waals surface area contributed by atoms with Gasteiger partial charge in [0.25, 0.3) is 5.91 Å². The molecule has 1 saturated heterocycles. The molecule has 3 rings (SSSR count). The van der Waals surface area contributed by atoms with E-state index in [1.54, 1.807) is 31.2 Å². The van der Waals surface area contributed by atoms with Crippen LogP contribution >= 0.6 is 0 Å². The van der Waals surface area contributed by atoms with Gasteiger partial charge >= 0.3 is 11.9 Å². The number of amides is 1. The Morgan fingerprint density at radius 1 is 1.29 bits per heavy atom. The number of nitrogens with zero attached hydrogens (tertiary/aromatic N) is 2. The zero-order chi connectivity index (χ0) is 17.3. The number of fused-ring (bicyclic) bond motifs is 1. The summed E-state index contributed by atoms with van der Waals surface area (Å²) in [5.74, 6) is -4.07. The van der Waals surface area contributed by atoms with Gasteiger partial charge in [-0.05, 0) is 19.1 Å². The number of aromatic nitrogens is 1. The van der Waals surface area contributed by atoms with Crippen LogP contribution in [0.1, 0.15) is 17.5 Å². The first-order valence-corrected chi connectivity index (χ1v) is 7.56. The van der Waals surface area contributed by atoms with Crippen LogP contribution in [0.5, 0.6) is 0 Å². The average Bonchev–Trinajstić information content (AvgIpc) is 3.19. The van der Waals surface area contributed by atoms with Crippen LogP contribution in [0.2, 0.25) is 0 Å². The van der Waals surface area contributed by atoms with Gasteiger partial charge in [-0.25, -0.2) is 0 Å². The second kappa shape index (κ2) is 6.31. The van der Waals surface area contributed by atoms with Crippen LogP contribution in [-0.2, 0) is 14.3 Å². The van der Waals surface area contributed by atoms with E-state index in [0.29, 0.717) is 10.9 Å². The van der Waals surface area contributed by atoms with E-state index >= 15 is 0 Å². The van der Waals surface area contributed by atoms with Crippen molar-refractivity contribution in [2.75, 3.05) is 19.7 Å². The van der Waals surface area contributed by atoms with Gasteiger partial charge in [0.2, 0.25) is 5.76 Å². The van der Waals surface area contributed by atoms with Gasteiger partial charge in [0.1, 0.15) is 5.52 Å².